The van der Waals surface area contributed by atoms with Crippen molar-refractivity contribution in [3.05, 3.63) is 0 Å². The van der Waals surface area contributed by atoms with Gasteiger partial charge in [-0.3, -0.25) is 4.79 Å². The number of carbonyl (C=O) groups is 1. The first-order valence-corrected chi connectivity index (χ1v) is 22.1. The molecule has 0 aromatic carbocycles. The average Bonchev–Trinajstić information content (AvgIpc) is 3.33. The molecule has 1 amide bonds. The number of carbonyl (C=O) groups excluding carboxylic acids is 1. The summed E-state index contributed by atoms with van der Waals surface area (Å²) in [6.45, 7) is -4.83. The van der Waals surface area contributed by atoms with Crippen molar-refractivity contribution < 1.29 is 154 Å². The lowest BCUT2D eigenvalue weighted by atomic mass is 9.95. The van der Waals surface area contributed by atoms with Crippen LogP contribution in [0.4, 0.5) is 0 Å². The highest BCUT2D eigenvalue weighted by Crippen LogP contribution is 2.37. The molecular weight excluding hydrogens is 966 g/mol. The molecule has 6 aliphatic rings. The van der Waals surface area contributed by atoms with E-state index in [1.54, 1.807) is 0 Å². The smallest absolute Gasteiger partial charge is 0.217 e. The highest BCUT2D eigenvalue weighted by atomic mass is 16.8. The summed E-state index contributed by atoms with van der Waals surface area (Å²) in [5.41, 5.74) is 0. The van der Waals surface area contributed by atoms with Gasteiger partial charge < -0.3 is 154 Å². The molecule has 6 saturated heterocycles. The fourth-order valence-electron chi connectivity index (χ4n) is 8.78. The lowest BCUT2D eigenvalue weighted by molar-refractivity contribution is -0.399. The molecule has 0 aliphatic carbocycles. The van der Waals surface area contributed by atoms with Gasteiger partial charge in [0, 0.05) is 6.92 Å². The van der Waals surface area contributed by atoms with Crippen molar-refractivity contribution in [1.29, 1.82) is 0 Å². The van der Waals surface area contributed by atoms with Crippen LogP contribution in [0.5, 0.6) is 0 Å². The third-order valence-corrected chi connectivity index (χ3v) is 12.8. The van der Waals surface area contributed by atoms with Gasteiger partial charge in [0.1, 0.15) is 146 Å². The van der Waals surface area contributed by atoms with E-state index in [9.17, 15) is 102 Å². The Hall–Kier alpha value is -1.73. The van der Waals surface area contributed by atoms with E-state index in [1.165, 1.54) is 0 Å². The summed E-state index contributed by atoms with van der Waals surface area (Å²) in [4.78, 5) is 11.9. The Bertz CT molecular complexity index is 1620. The van der Waals surface area contributed by atoms with E-state index in [0.717, 1.165) is 6.92 Å². The molecule has 408 valence electrons. The molecule has 32 nitrogen and oxygen atoms in total. The van der Waals surface area contributed by atoms with E-state index in [-0.39, 0.29) is 0 Å². The van der Waals surface area contributed by atoms with Crippen LogP contribution in [-0.2, 0) is 56.9 Å². The van der Waals surface area contributed by atoms with Crippen molar-refractivity contribution in [2.45, 2.75) is 191 Å². The third-order valence-electron chi connectivity index (χ3n) is 12.8. The Kier molecular flexibility index (Phi) is 20.3. The molecule has 0 bridgehead atoms. The van der Waals surface area contributed by atoms with Gasteiger partial charge >= 0.3 is 0 Å². The first-order valence-electron chi connectivity index (χ1n) is 22.1. The summed E-state index contributed by atoms with van der Waals surface area (Å²) in [6.07, 6.45) is -57.0. The van der Waals surface area contributed by atoms with E-state index >= 15 is 0 Å². The second kappa shape index (κ2) is 24.7. The van der Waals surface area contributed by atoms with Gasteiger partial charge in [0.05, 0.1) is 39.6 Å². The molecule has 20 N–H and O–H groups in total. The van der Waals surface area contributed by atoms with Crippen molar-refractivity contribution >= 4 is 5.91 Å². The summed E-state index contributed by atoms with van der Waals surface area (Å²) >= 11 is 0. The van der Waals surface area contributed by atoms with Gasteiger partial charge in [-0.1, -0.05) is 0 Å². The van der Waals surface area contributed by atoms with Gasteiger partial charge in [-0.2, -0.15) is 0 Å². The maximum absolute atomic E-state index is 11.9. The fraction of sp³-hybridized carbons (Fsp3) is 0.974. The normalized spacial score (nSPS) is 51.5. The van der Waals surface area contributed by atoms with Gasteiger partial charge in [-0.25, -0.2) is 0 Å². The molecule has 0 aromatic heterocycles. The van der Waals surface area contributed by atoms with Gasteiger partial charge in [0.15, 0.2) is 37.7 Å². The minimum atomic E-state index is -2.24. The molecule has 32 heteroatoms. The Labute approximate surface area is 395 Å². The standard InChI is InChI=1S/C38H65NO31/c1-8(45)39-15-21(51)29(13(6-44)61-33(15)59)67-37-28(58)30(68-34-25(55)22(52)16(46)9(2-40)62-34)20(50)14(66-37)7-60-38-32(70-36-27(57)24(54)18(48)11(4-42)64-36)31(19(49)12(5-43)65-38)69-35-26(56)23(53)17(47)10(3-41)63-35/h9-38,40-44,46-59H,2-7H2,1H3,(H,39,45)/t9-,10-,11-,12-,13-,14-,15-,16-,17-,18-,19-,20-,21-,22+,23+,24+,25+,26+,27+,28+,29-,30+,31+,32+,33-,34-,35-,36-,37+,38+/m1/s1. The van der Waals surface area contributed by atoms with Crippen LogP contribution in [0.25, 0.3) is 0 Å². The maximum Gasteiger partial charge on any atom is 0.217 e. The molecule has 0 spiro atoms. The molecule has 6 fully saturated rings. The van der Waals surface area contributed by atoms with E-state index in [2.05, 4.69) is 5.32 Å². The van der Waals surface area contributed by atoms with Crippen molar-refractivity contribution in [1.82, 2.24) is 5.32 Å². The van der Waals surface area contributed by atoms with Gasteiger partial charge in [0.2, 0.25) is 5.91 Å². The molecule has 0 saturated carbocycles. The fourth-order valence-corrected chi connectivity index (χ4v) is 8.78. The molecule has 6 rings (SSSR count). The maximum atomic E-state index is 11.9. The summed E-state index contributed by atoms with van der Waals surface area (Å²) in [7, 11) is 0. The van der Waals surface area contributed by atoms with Gasteiger partial charge in [-0.05, 0) is 0 Å². The highest BCUT2D eigenvalue weighted by Gasteiger charge is 2.57. The molecule has 0 radical (unpaired) electrons. The molecule has 70 heavy (non-hydrogen) atoms. The quantitative estimate of drug-likeness (QED) is 0.0643. The second-order valence-electron chi connectivity index (χ2n) is 17.5. The van der Waals surface area contributed by atoms with E-state index in [0.29, 0.717) is 0 Å². The monoisotopic (exact) mass is 1030 g/mol. The van der Waals surface area contributed by atoms with E-state index < -0.39 is 230 Å². The van der Waals surface area contributed by atoms with Crippen molar-refractivity contribution in [3.8, 4) is 0 Å². The van der Waals surface area contributed by atoms with Crippen molar-refractivity contribution in [2.24, 2.45) is 0 Å². The summed E-state index contributed by atoms with van der Waals surface area (Å²) < 4.78 is 62.8. The molecule has 0 aromatic rings. The number of hydrogen-bond acceptors (Lipinski definition) is 31. The molecule has 0 unspecified atom stereocenters. The van der Waals surface area contributed by atoms with Gasteiger partial charge in [-0.15, -0.1) is 0 Å². The van der Waals surface area contributed by atoms with Crippen LogP contribution in [-0.4, -0.2) is 327 Å². The lowest BCUT2D eigenvalue weighted by Gasteiger charge is -2.50. The summed E-state index contributed by atoms with van der Waals surface area (Å²) in [6, 6.07) is -1.62. The minimum Gasteiger partial charge on any atom is -0.394 e. The zero-order chi connectivity index (χ0) is 51.6. The second-order valence-corrected chi connectivity index (χ2v) is 17.5. The number of nitrogens with one attached hydrogen (secondary N) is 1. The highest BCUT2D eigenvalue weighted by molar-refractivity contribution is 5.73. The number of aliphatic hydroxyl groups is 19. The first kappa shape index (κ1) is 57.5. The molecule has 30 atom stereocenters. The summed E-state index contributed by atoms with van der Waals surface area (Å²) in [5.74, 6) is -0.759. The number of amides is 1. The van der Waals surface area contributed by atoms with E-state index in [1.807, 2.05) is 0 Å². The zero-order valence-corrected chi connectivity index (χ0v) is 37.0. The van der Waals surface area contributed by atoms with Crippen LogP contribution < -0.4 is 5.32 Å². The summed E-state index contributed by atoms with van der Waals surface area (Å²) in [5, 5.41) is 204. The van der Waals surface area contributed by atoms with Crippen LogP contribution in [0.2, 0.25) is 0 Å². The Morgan fingerprint density at radius 1 is 0.371 bits per heavy atom. The van der Waals surface area contributed by atoms with Crippen LogP contribution in [0, 0.1) is 0 Å². The third kappa shape index (κ3) is 12.0. The largest absolute Gasteiger partial charge is 0.394 e. The van der Waals surface area contributed by atoms with Crippen LogP contribution in [0.15, 0.2) is 0 Å². The topological polar surface area (TPSA) is 515 Å². The Morgan fingerprint density at radius 2 is 0.729 bits per heavy atom. The van der Waals surface area contributed by atoms with E-state index in [4.69, 9.17) is 52.1 Å². The van der Waals surface area contributed by atoms with Crippen LogP contribution in [0.3, 0.4) is 0 Å². The Balaban J connectivity index is 1.34. The van der Waals surface area contributed by atoms with Crippen molar-refractivity contribution in [3.63, 3.8) is 0 Å². The predicted octanol–water partition coefficient (Wildman–Crippen LogP) is -14.0. The Morgan fingerprint density at radius 3 is 1.17 bits per heavy atom. The number of hydrogen-bond donors (Lipinski definition) is 20. The number of aliphatic hydroxyl groups excluding tert-OH is 19. The first-order chi connectivity index (χ1) is 33.1. The predicted molar refractivity (Wildman–Crippen MR) is 211 cm³/mol. The number of rotatable bonds is 17. The SMILES string of the molecule is CC(=O)N[C@@H]1[C@@H](O)[C@H](O[C@@H]2O[C@H](CO[C@H]3O[C@H](CO)[C@@H](O)[C@H](O[C@H]4O[C@H](CO)[C@@H](O)[C@H](O)[C@@H]4O)[C@@H]3O[C@H]3O[C@H](CO)[C@@H](O)[C@H](O)[C@@H]3O)[C@@H](O)[C@H](O[C@H]3O[C@H](CO)[C@@H](O)[C@H](O)[C@@H]3O)[C@@H]2O)[C@@H](CO)O[C@H]1O. The lowest BCUT2D eigenvalue weighted by Crippen LogP contribution is -2.68. The molecular formula is C38H65NO31. The molecule has 6 heterocycles. The van der Waals surface area contributed by atoms with Crippen LogP contribution in [0.1, 0.15) is 6.92 Å². The van der Waals surface area contributed by atoms with Crippen LogP contribution >= 0.6 is 0 Å². The van der Waals surface area contributed by atoms with Crippen molar-refractivity contribution in [2.75, 3.05) is 39.6 Å². The minimum absolute atomic E-state index is 0.759. The zero-order valence-electron chi connectivity index (χ0n) is 37.0. The number of ether oxygens (including phenoxy) is 11. The average molecular weight is 1030 g/mol. The molecule has 6 aliphatic heterocycles. The van der Waals surface area contributed by atoms with Gasteiger partial charge in [0.25, 0.3) is 0 Å².